The number of hydrogen-bond acceptors (Lipinski definition) is 8. The van der Waals surface area contributed by atoms with Crippen LogP contribution < -0.4 is 10.6 Å². The van der Waals surface area contributed by atoms with Gasteiger partial charge in [-0.2, -0.15) is 5.26 Å². The molecule has 0 atom stereocenters. The summed E-state index contributed by atoms with van der Waals surface area (Å²) in [7, 11) is 0. The number of hydrogen-bond donors (Lipinski definition) is 1. The Kier molecular flexibility index (Phi) is 6.77. The third kappa shape index (κ3) is 5.20. The number of nitrogens with two attached hydrogens (primary N) is 1. The molecule has 0 aliphatic carbocycles. The minimum atomic E-state index is 0.563. The monoisotopic (exact) mass is 432 g/mol. The number of morpholine rings is 1. The van der Waals surface area contributed by atoms with Crippen LogP contribution in [0.1, 0.15) is 16.8 Å². The van der Waals surface area contributed by atoms with Gasteiger partial charge in [0.25, 0.3) is 0 Å². The molecule has 31 heavy (non-hydrogen) atoms. The number of ether oxygens (including phenoxy) is 1. The largest absolute Gasteiger partial charge is 0.378 e. The third-order valence-corrected chi connectivity index (χ3v) is 6.00. The van der Waals surface area contributed by atoms with Gasteiger partial charge in [-0.25, -0.2) is 15.0 Å². The Labute approximate surface area is 186 Å². The fraction of sp³-hybridized carbons (Fsp3) is 0.304. The van der Waals surface area contributed by atoms with Crippen LogP contribution in [0, 0.1) is 18.3 Å². The van der Waals surface area contributed by atoms with Crippen molar-refractivity contribution in [3.63, 3.8) is 0 Å². The molecule has 0 radical (unpaired) electrons. The van der Waals surface area contributed by atoms with E-state index in [4.69, 9.17) is 15.5 Å². The molecule has 0 amide bonds. The molecule has 2 N–H and O–H groups in total. The van der Waals surface area contributed by atoms with E-state index in [9.17, 15) is 5.26 Å². The van der Waals surface area contributed by atoms with E-state index in [-0.39, 0.29) is 0 Å². The molecule has 3 heterocycles. The highest BCUT2D eigenvalue weighted by atomic mass is 32.2. The van der Waals surface area contributed by atoms with Crippen LogP contribution in [-0.2, 0) is 11.2 Å². The van der Waals surface area contributed by atoms with Gasteiger partial charge in [0.1, 0.15) is 5.82 Å². The van der Waals surface area contributed by atoms with E-state index in [0.717, 1.165) is 51.9 Å². The number of anilines is 1. The number of nitriles is 1. The van der Waals surface area contributed by atoms with Gasteiger partial charge in [0.05, 0.1) is 24.8 Å². The van der Waals surface area contributed by atoms with E-state index in [1.165, 1.54) is 0 Å². The SMILES string of the molecule is Cc1cc(Sc2cc(C#N)ccc2-c2ncc(CCN)cn2)cc(N2CCOCC2)n1. The number of rotatable bonds is 6. The highest BCUT2D eigenvalue weighted by Gasteiger charge is 2.16. The Morgan fingerprint density at radius 1 is 1.16 bits per heavy atom. The second-order valence-corrected chi connectivity index (χ2v) is 8.40. The van der Waals surface area contributed by atoms with Crippen molar-refractivity contribution in [2.45, 2.75) is 23.1 Å². The summed E-state index contributed by atoms with van der Waals surface area (Å²) in [5.74, 6) is 1.58. The first kappa shape index (κ1) is 21.2. The Balaban J connectivity index is 1.67. The fourth-order valence-corrected chi connectivity index (χ4v) is 4.51. The topological polar surface area (TPSA) is 101 Å². The van der Waals surface area contributed by atoms with Crippen molar-refractivity contribution in [2.24, 2.45) is 5.73 Å². The van der Waals surface area contributed by atoms with Crippen molar-refractivity contribution in [1.29, 1.82) is 5.26 Å². The smallest absolute Gasteiger partial charge is 0.160 e. The van der Waals surface area contributed by atoms with E-state index in [0.29, 0.717) is 31.1 Å². The number of nitrogens with zero attached hydrogens (tertiary/aromatic N) is 5. The van der Waals surface area contributed by atoms with Crippen LogP contribution in [0.4, 0.5) is 5.82 Å². The lowest BCUT2D eigenvalue weighted by Gasteiger charge is -2.28. The highest BCUT2D eigenvalue weighted by molar-refractivity contribution is 7.99. The zero-order chi connectivity index (χ0) is 21.6. The van der Waals surface area contributed by atoms with E-state index < -0.39 is 0 Å². The molecule has 0 spiro atoms. The van der Waals surface area contributed by atoms with Gasteiger partial charge in [-0.15, -0.1) is 0 Å². The normalized spacial score (nSPS) is 13.8. The maximum Gasteiger partial charge on any atom is 0.160 e. The average molecular weight is 433 g/mol. The van der Waals surface area contributed by atoms with Crippen LogP contribution >= 0.6 is 11.8 Å². The van der Waals surface area contributed by atoms with Gasteiger partial charge in [0, 0.05) is 46.5 Å². The summed E-state index contributed by atoms with van der Waals surface area (Å²) in [6, 6.07) is 12.0. The van der Waals surface area contributed by atoms with Gasteiger partial charge in [0.15, 0.2) is 5.82 Å². The van der Waals surface area contributed by atoms with E-state index in [2.05, 4.69) is 33.1 Å². The molecule has 1 aliphatic rings. The van der Waals surface area contributed by atoms with Gasteiger partial charge in [0.2, 0.25) is 0 Å². The van der Waals surface area contributed by atoms with E-state index >= 15 is 0 Å². The summed E-state index contributed by atoms with van der Waals surface area (Å²) >= 11 is 1.60. The summed E-state index contributed by atoms with van der Waals surface area (Å²) in [5.41, 5.74) is 9.08. The summed E-state index contributed by atoms with van der Waals surface area (Å²) < 4.78 is 5.47. The van der Waals surface area contributed by atoms with Gasteiger partial charge in [-0.3, -0.25) is 0 Å². The van der Waals surface area contributed by atoms with Crippen molar-refractivity contribution in [3.8, 4) is 17.5 Å². The molecule has 7 nitrogen and oxygen atoms in total. The molecule has 1 saturated heterocycles. The Morgan fingerprint density at radius 3 is 2.65 bits per heavy atom. The molecule has 8 heteroatoms. The average Bonchev–Trinajstić information content (AvgIpc) is 2.80. The molecule has 1 aromatic carbocycles. The van der Waals surface area contributed by atoms with E-state index in [1.54, 1.807) is 17.8 Å². The quantitative estimate of drug-likeness (QED) is 0.634. The molecular weight excluding hydrogens is 408 g/mol. The molecule has 4 rings (SSSR count). The number of benzene rings is 1. The van der Waals surface area contributed by atoms with Gasteiger partial charge in [-0.1, -0.05) is 11.8 Å². The second-order valence-electron chi connectivity index (χ2n) is 7.28. The molecule has 1 fully saturated rings. The van der Waals surface area contributed by atoms with Gasteiger partial charge >= 0.3 is 0 Å². The van der Waals surface area contributed by atoms with Gasteiger partial charge < -0.3 is 15.4 Å². The minimum absolute atomic E-state index is 0.563. The number of aromatic nitrogens is 3. The van der Waals surface area contributed by atoms with Crippen LogP contribution in [0.5, 0.6) is 0 Å². The first-order valence-corrected chi connectivity index (χ1v) is 11.0. The van der Waals surface area contributed by atoms with Crippen LogP contribution in [0.15, 0.2) is 52.5 Å². The molecule has 2 aromatic heterocycles. The van der Waals surface area contributed by atoms with Crippen LogP contribution in [-0.4, -0.2) is 47.8 Å². The molecular formula is C23H24N6OS. The summed E-state index contributed by atoms with van der Waals surface area (Å²) in [5, 5.41) is 9.41. The first-order chi connectivity index (χ1) is 15.2. The van der Waals surface area contributed by atoms with Gasteiger partial charge in [-0.05, 0) is 55.8 Å². The first-order valence-electron chi connectivity index (χ1n) is 10.2. The maximum atomic E-state index is 9.41. The maximum absolute atomic E-state index is 9.41. The Morgan fingerprint density at radius 2 is 1.94 bits per heavy atom. The molecule has 0 bridgehead atoms. The number of aryl methyl sites for hydroxylation is 1. The molecule has 1 aliphatic heterocycles. The standard InChI is InChI=1S/C23H24N6OS/c1-16-10-19(12-22(28-16)29-6-8-30-9-7-29)31-21-11-17(13-25)2-3-20(21)23-26-14-18(4-5-24)15-27-23/h2-3,10-12,14-15H,4-9,24H2,1H3. The number of pyridine rings is 1. The van der Waals surface area contributed by atoms with Crippen LogP contribution in [0.2, 0.25) is 0 Å². The predicted octanol–water partition coefficient (Wildman–Crippen LogP) is 3.21. The zero-order valence-electron chi connectivity index (χ0n) is 17.4. The lowest BCUT2D eigenvalue weighted by Crippen LogP contribution is -2.36. The van der Waals surface area contributed by atoms with Crippen molar-refractivity contribution < 1.29 is 4.74 Å². The van der Waals surface area contributed by atoms with Crippen LogP contribution in [0.25, 0.3) is 11.4 Å². The Bertz CT molecular complexity index is 1090. The molecule has 158 valence electrons. The minimum Gasteiger partial charge on any atom is -0.378 e. The van der Waals surface area contributed by atoms with Crippen molar-refractivity contribution >= 4 is 17.6 Å². The zero-order valence-corrected chi connectivity index (χ0v) is 18.2. The van der Waals surface area contributed by atoms with Crippen molar-refractivity contribution in [1.82, 2.24) is 15.0 Å². The predicted molar refractivity (Wildman–Crippen MR) is 121 cm³/mol. The Hall–Kier alpha value is -2.99. The van der Waals surface area contributed by atoms with E-state index in [1.807, 2.05) is 31.5 Å². The highest BCUT2D eigenvalue weighted by Crippen LogP contribution is 2.37. The van der Waals surface area contributed by atoms with Crippen molar-refractivity contribution in [2.75, 3.05) is 37.7 Å². The summed E-state index contributed by atoms with van der Waals surface area (Å²) in [6.07, 6.45) is 4.37. The van der Waals surface area contributed by atoms with Crippen LogP contribution in [0.3, 0.4) is 0 Å². The second kappa shape index (κ2) is 9.88. The molecule has 0 unspecified atom stereocenters. The lowest BCUT2D eigenvalue weighted by atomic mass is 10.1. The molecule has 0 saturated carbocycles. The fourth-order valence-electron chi connectivity index (χ4n) is 3.41. The summed E-state index contributed by atoms with van der Waals surface area (Å²) in [4.78, 5) is 18.0. The lowest BCUT2D eigenvalue weighted by molar-refractivity contribution is 0.122. The van der Waals surface area contributed by atoms with Crippen molar-refractivity contribution in [3.05, 3.63) is 59.5 Å². The molecule has 3 aromatic rings. The summed E-state index contributed by atoms with van der Waals surface area (Å²) in [6.45, 7) is 5.65. The third-order valence-electron chi connectivity index (χ3n) is 4.97.